The summed E-state index contributed by atoms with van der Waals surface area (Å²) in [6, 6.07) is 69.2. The zero-order chi connectivity index (χ0) is 34.8. The molecule has 52 heavy (non-hydrogen) atoms. The molecule has 1 aliphatic rings. The van der Waals surface area contributed by atoms with E-state index >= 15 is 0 Å². The first-order valence-electron chi connectivity index (χ1n) is 18.2. The zero-order valence-electron chi connectivity index (χ0n) is 29.3. The normalized spacial score (nSPS) is 13.0. The van der Waals surface area contributed by atoms with Crippen molar-refractivity contribution in [2.75, 3.05) is 4.90 Å². The van der Waals surface area contributed by atoms with Gasteiger partial charge in [-0.1, -0.05) is 178 Å². The summed E-state index contributed by atoms with van der Waals surface area (Å²) in [7, 11) is 0. The Hall–Kier alpha value is -6.44. The molecule has 0 radical (unpaired) electrons. The summed E-state index contributed by atoms with van der Waals surface area (Å²) < 4.78 is 0. The minimum Gasteiger partial charge on any atom is -0.309 e. The molecular weight excluding hydrogens is 627 g/mol. The fraction of sp³-hybridized carbons (Fsp3) is 0.0588. The van der Waals surface area contributed by atoms with Crippen molar-refractivity contribution in [1.82, 2.24) is 0 Å². The van der Waals surface area contributed by atoms with Crippen LogP contribution >= 0.6 is 0 Å². The second kappa shape index (κ2) is 11.8. The molecule has 0 bridgehead atoms. The van der Waals surface area contributed by atoms with Crippen LogP contribution in [0.25, 0.3) is 65.7 Å². The minimum atomic E-state index is -0.218. The lowest BCUT2D eigenvalue weighted by molar-refractivity contribution is 0.647. The second-order valence-corrected chi connectivity index (χ2v) is 14.5. The Morgan fingerprint density at radius 1 is 0.404 bits per heavy atom. The Morgan fingerprint density at radius 3 is 1.77 bits per heavy atom. The van der Waals surface area contributed by atoms with Gasteiger partial charge in [0.15, 0.2) is 0 Å². The Kier molecular flexibility index (Phi) is 6.91. The maximum atomic E-state index is 2.52. The van der Waals surface area contributed by atoms with Gasteiger partial charge in [0.2, 0.25) is 0 Å². The molecule has 1 aliphatic carbocycles. The van der Waals surface area contributed by atoms with E-state index in [1.807, 2.05) is 0 Å². The maximum Gasteiger partial charge on any atom is 0.0546 e. The molecule has 0 fully saturated rings. The summed E-state index contributed by atoms with van der Waals surface area (Å²) in [6.45, 7) is 4.80. The average Bonchev–Trinajstić information content (AvgIpc) is 3.21. The highest BCUT2D eigenvalue weighted by molar-refractivity contribution is 6.17. The summed E-state index contributed by atoms with van der Waals surface area (Å²) in [4.78, 5) is 2.52. The van der Waals surface area contributed by atoms with Crippen molar-refractivity contribution in [1.29, 1.82) is 0 Å². The second-order valence-electron chi connectivity index (χ2n) is 14.5. The number of anilines is 3. The van der Waals surface area contributed by atoms with E-state index in [-0.39, 0.29) is 5.41 Å². The summed E-state index contributed by atoms with van der Waals surface area (Å²) in [5.74, 6) is 0. The minimum absolute atomic E-state index is 0.218. The van der Waals surface area contributed by atoms with Gasteiger partial charge in [-0.3, -0.25) is 0 Å². The van der Waals surface area contributed by atoms with Crippen LogP contribution in [0, 0.1) is 0 Å². The Morgan fingerprint density at radius 2 is 1.00 bits per heavy atom. The van der Waals surface area contributed by atoms with Crippen LogP contribution < -0.4 is 4.90 Å². The molecule has 0 atom stereocenters. The van der Waals surface area contributed by atoms with Crippen molar-refractivity contribution >= 4 is 49.4 Å². The number of hydrogen-bond acceptors (Lipinski definition) is 1. The molecule has 246 valence electrons. The van der Waals surface area contributed by atoms with Crippen LogP contribution in [-0.4, -0.2) is 0 Å². The van der Waals surface area contributed by atoms with Crippen molar-refractivity contribution in [2.45, 2.75) is 19.3 Å². The Balaban J connectivity index is 1.32. The lowest BCUT2D eigenvalue weighted by atomic mass is 9.66. The van der Waals surface area contributed by atoms with Gasteiger partial charge in [-0.2, -0.15) is 0 Å². The van der Waals surface area contributed by atoms with E-state index in [0.717, 1.165) is 5.69 Å². The van der Waals surface area contributed by atoms with Gasteiger partial charge in [-0.15, -0.1) is 0 Å². The molecule has 10 rings (SSSR count). The molecule has 0 aliphatic heterocycles. The van der Waals surface area contributed by atoms with E-state index in [2.05, 4.69) is 207 Å². The van der Waals surface area contributed by atoms with Crippen LogP contribution in [0.3, 0.4) is 0 Å². The van der Waals surface area contributed by atoms with Gasteiger partial charge in [0.25, 0.3) is 0 Å². The molecular formula is C51H37N. The predicted octanol–water partition coefficient (Wildman–Crippen LogP) is 14.3. The summed E-state index contributed by atoms with van der Waals surface area (Å²) in [5.41, 5.74) is 13.5. The average molecular weight is 664 g/mol. The van der Waals surface area contributed by atoms with Crippen molar-refractivity contribution in [3.05, 3.63) is 199 Å². The van der Waals surface area contributed by atoms with Gasteiger partial charge in [-0.25, -0.2) is 0 Å². The third kappa shape index (κ3) is 4.63. The van der Waals surface area contributed by atoms with Gasteiger partial charge in [0, 0.05) is 22.1 Å². The van der Waals surface area contributed by atoms with Crippen molar-refractivity contribution in [2.24, 2.45) is 0 Å². The van der Waals surface area contributed by atoms with Crippen molar-refractivity contribution in [3.63, 3.8) is 0 Å². The highest BCUT2D eigenvalue weighted by Gasteiger charge is 2.37. The standard InChI is InChI=1S/C51H37N/c1-51(2)45-26-13-20-37-29-32-46(49(48(37)45)44-25-14-24-41(50(44)51)36-17-7-4-8-18-36)52(39-30-27-35(28-31-39)34-15-5-3-6-16-34)47-33-38-19-9-10-21-40(38)42-22-11-12-23-43(42)47/h3-33H,1-2H3. The van der Waals surface area contributed by atoms with E-state index in [1.54, 1.807) is 0 Å². The van der Waals surface area contributed by atoms with E-state index in [0.29, 0.717) is 0 Å². The fourth-order valence-corrected chi connectivity index (χ4v) is 8.84. The largest absolute Gasteiger partial charge is 0.309 e. The molecule has 9 aromatic carbocycles. The van der Waals surface area contributed by atoms with Crippen molar-refractivity contribution in [3.8, 4) is 33.4 Å². The van der Waals surface area contributed by atoms with Gasteiger partial charge in [-0.05, 0) is 90.1 Å². The van der Waals surface area contributed by atoms with Crippen LogP contribution in [0.2, 0.25) is 0 Å². The quantitative estimate of drug-likeness (QED) is 0.166. The first-order chi connectivity index (χ1) is 25.6. The van der Waals surface area contributed by atoms with Crippen LogP contribution in [-0.2, 0) is 5.41 Å². The van der Waals surface area contributed by atoms with Crippen molar-refractivity contribution < 1.29 is 0 Å². The van der Waals surface area contributed by atoms with Crippen LogP contribution in [0.1, 0.15) is 25.0 Å². The monoisotopic (exact) mass is 663 g/mol. The summed E-state index contributed by atoms with van der Waals surface area (Å²) in [5, 5.41) is 7.57. The predicted molar refractivity (Wildman–Crippen MR) is 222 cm³/mol. The SMILES string of the molecule is CC1(C)c2c(-c3ccccc3)cccc2-c2c(N(c3ccc(-c4ccccc4)cc3)c3cc4ccccc4c4ccccc34)ccc3cccc1c23. The Bertz CT molecular complexity index is 2790. The van der Waals surface area contributed by atoms with Gasteiger partial charge < -0.3 is 4.90 Å². The smallest absolute Gasteiger partial charge is 0.0546 e. The Labute approximate surface area is 305 Å². The molecule has 9 aromatic rings. The number of hydrogen-bond donors (Lipinski definition) is 0. The fourth-order valence-electron chi connectivity index (χ4n) is 8.84. The molecule has 1 nitrogen and oxygen atoms in total. The number of benzene rings is 9. The first kappa shape index (κ1) is 30.4. The lowest BCUT2D eigenvalue weighted by Gasteiger charge is -2.39. The number of rotatable bonds is 5. The highest BCUT2D eigenvalue weighted by Crippen LogP contribution is 2.56. The highest BCUT2D eigenvalue weighted by atomic mass is 15.1. The molecule has 0 unspecified atom stereocenters. The first-order valence-corrected chi connectivity index (χ1v) is 18.2. The maximum absolute atomic E-state index is 2.52. The molecule has 0 N–H and O–H groups in total. The van der Waals surface area contributed by atoms with E-state index < -0.39 is 0 Å². The van der Waals surface area contributed by atoms with Crippen LogP contribution in [0.5, 0.6) is 0 Å². The lowest BCUT2D eigenvalue weighted by Crippen LogP contribution is -2.25. The molecule has 0 amide bonds. The molecule has 1 heteroatoms. The van der Waals surface area contributed by atoms with Crippen LogP contribution in [0.15, 0.2) is 188 Å². The zero-order valence-corrected chi connectivity index (χ0v) is 29.3. The van der Waals surface area contributed by atoms with E-state index in [4.69, 9.17) is 0 Å². The molecule has 0 aromatic heterocycles. The third-order valence-corrected chi connectivity index (χ3v) is 11.2. The topological polar surface area (TPSA) is 3.24 Å². The molecule has 0 spiro atoms. The third-order valence-electron chi connectivity index (χ3n) is 11.2. The molecule has 0 heterocycles. The van der Waals surface area contributed by atoms with Gasteiger partial charge in [0.05, 0.1) is 11.4 Å². The van der Waals surface area contributed by atoms with E-state index in [1.165, 1.54) is 88.2 Å². The molecule has 0 saturated heterocycles. The number of nitrogens with zero attached hydrogens (tertiary/aromatic N) is 1. The van der Waals surface area contributed by atoms with E-state index in [9.17, 15) is 0 Å². The van der Waals surface area contributed by atoms with Crippen LogP contribution in [0.4, 0.5) is 17.1 Å². The summed E-state index contributed by atoms with van der Waals surface area (Å²) in [6.07, 6.45) is 0. The van der Waals surface area contributed by atoms with Gasteiger partial charge >= 0.3 is 0 Å². The summed E-state index contributed by atoms with van der Waals surface area (Å²) >= 11 is 0. The number of fused-ring (bicyclic) bond motifs is 5. The van der Waals surface area contributed by atoms with Gasteiger partial charge in [0.1, 0.15) is 0 Å². The molecule has 0 saturated carbocycles.